The summed E-state index contributed by atoms with van der Waals surface area (Å²) in [5.41, 5.74) is 4.83. The van der Waals surface area contributed by atoms with Crippen LogP contribution < -0.4 is 0 Å². The average molecular weight is 375 g/mol. The SMILES string of the molecule is Cn1c(-c2ccccc2)nc(C#Cc2ccccc2)c1C=NCc1ccccc1. The minimum absolute atomic E-state index is 0.623. The Kier molecular flexibility index (Phi) is 5.64. The molecule has 0 saturated carbocycles. The van der Waals surface area contributed by atoms with Crippen LogP contribution in [0.15, 0.2) is 96.0 Å². The summed E-state index contributed by atoms with van der Waals surface area (Å²) in [6, 6.07) is 30.3. The highest BCUT2D eigenvalue weighted by atomic mass is 15.1. The lowest BCUT2D eigenvalue weighted by Gasteiger charge is -2.03. The van der Waals surface area contributed by atoms with Crippen molar-refractivity contribution in [2.24, 2.45) is 12.0 Å². The van der Waals surface area contributed by atoms with Gasteiger partial charge in [0.15, 0.2) is 0 Å². The molecule has 0 unspecified atom stereocenters. The van der Waals surface area contributed by atoms with E-state index in [9.17, 15) is 0 Å². The fourth-order valence-electron chi connectivity index (χ4n) is 3.07. The number of nitrogens with zero attached hydrogens (tertiary/aromatic N) is 3. The van der Waals surface area contributed by atoms with E-state index >= 15 is 0 Å². The second kappa shape index (κ2) is 8.86. The molecule has 0 aliphatic heterocycles. The molecule has 140 valence electrons. The van der Waals surface area contributed by atoms with Crippen LogP contribution in [0.3, 0.4) is 0 Å². The summed E-state index contributed by atoms with van der Waals surface area (Å²) in [6.07, 6.45) is 1.88. The standard InChI is InChI=1S/C26H21N3/c1-29-25(20-27-19-22-13-7-3-8-14-22)24(18-17-21-11-5-2-6-12-21)28-26(29)23-15-9-4-10-16-23/h2-16,20H,19H2,1H3. The molecular formula is C26H21N3. The average Bonchev–Trinajstić information content (AvgIpc) is 3.10. The van der Waals surface area contributed by atoms with Crippen molar-refractivity contribution in [2.75, 3.05) is 0 Å². The van der Waals surface area contributed by atoms with Gasteiger partial charge in [-0.25, -0.2) is 4.98 Å². The van der Waals surface area contributed by atoms with Crippen molar-refractivity contribution < 1.29 is 0 Å². The highest BCUT2D eigenvalue weighted by Crippen LogP contribution is 2.20. The minimum Gasteiger partial charge on any atom is -0.325 e. The molecule has 0 fully saturated rings. The zero-order valence-corrected chi connectivity index (χ0v) is 16.3. The first-order valence-corrected chi connectivity index (χ1v) is 9.54. The predicted molar refractivity (Wildman–Crippen MR) is 119 cm³/mol. The van der Waals surface area contributed by atoms with E-state index in [4.69, 9.17) is 4.98 Å². The van der Waals surface area contributed by atoms with Crippen LogP contribution in [0.25, 0.3) is 11.4 Å². The Balaban J connectivity index is 1.71. The number of imidazole rings is 1. The molecule has 0 bridgehead atoms. The third-order valence-electron chi connectivity index (χ3n) is 4.60. The van der Waals surface area contributed by atoms with E-state index in [0.29, 0.717) is 6.54 Å². The number of rotatable bonds is 4. The fourth-order valence-corrected chi connectivity index (χ4v) is 3.07. The van der Waals surface area contributed by atoms with E-state index < -0.39 is 0 Å². The summed E-state index contributed by atoms with van der Waals surface area (Å²) in [6.45, 7) is 0.623. The van der Waals surface area contributed by atoms with E-state index in [1.807, 2.05) is 80.0 Å². The summed E-state index contributed by atoms with van der Waals surface area (Å²) in [4.78, 5) is 9.46. The van der Waals surface area contributed by atoms with Gasteiger partial charge in [0.25, 0.3) is 0 Å². The van der Waals surface area contributed by atoms with E-state index in [1.165, 1.54) is 5.56 Å². The molecule has 0 spiro atoms. The topological polar surface area (TPSA) is 30.2 Å². The third-order valence-corrected chi connectivity index (χ3v) is 4.60. The van der Waals surface area contributed by atoms with Gasteiger partial charge in [0.2, 0.25) is 0 Å². The van der Waals surface area contributed by atoms with Gasteiger partial charge in [-0.05, 0) is 23.6 Å². The van der Waals surface area contributed by atoms with E-state index in [1.54, 1.807) is 0 Å². The second-order valence-corrected chi connectivity index (χ2v) is 6.67. The zero-order chi connectivity index (χ0) is 19.9. The molecule has 0 saturated heterocycles. The van der Waals surface area contributed by atoms with Crippen LogP contribution in [0.2, 0.25) is 0 Å². The molecule has 0 amide bonds. The Bertz CT molecular complexity index is 1160. The number of hydrogen-bond donors (Lipinski definition) is 0. The molecule has 1 heterocycles. The lowest BCUT2D eigenvalue weighted by Crippen LogP contribution is -1.99. The lowest BCUT2D eigenvalue weighted by atomic mass is 10.2. The highest BCUT2D eigenvalue weighted by molar-refractivity contribution is 5.82. The number of aromatic nitrogens is 2. The summed E-state index contributed by atoms with van der Waals surface area (Å²) in [5, 5.41) is 0. The van der Waals surface area contributed by atoms with Crippen molar-refractivity contribution in [2.45, 2.75) is 6.54 Å². The quantitative estimate of drug-likeness (QED) is 0.360. The van der Waals surface area contributed by atoms with Gasteiger partial charge in [0, 0.05) is 24.4 Å². The third kappa shape index (κ3) is 4.51. The molecule has 0 aliphatic carbocycles. The summed E-state index contributed by atoms with van der Waals surface area (Å²) >= 11 is 0. The van der Waals surface area contributed by atoms with Crippen LogP contribution in [-0.2, 0) is 13.6 Å². The molecule has 0 radical (unpaired) electrons. The summed E-state index contributed by atoms with van der Waals surface area (Å²) in [7, 11) is 2.01. The minimum atomic E-state index is 0.623. The van der Waals surface area contributed by atoms with Crippen LogP contribution >= 0.6 is 0 Å². The number of aliphatic imine (C=N–C) groups is 1. The first-order chi connectivity index (χ1) is 14.3. The normalized spacial score (nSPS) is 10.7. The maximum absolute atomic E-state index is 4.82. The second-order valence-electron chi connectivity index (χ2n) is 6.67. The van der Waals surface area contributed by atoms with Crippen LogP contribution in [0.5, 0.6) is 0 Å². The summed E-state index contributed by atoms with van der Waals surface area (Å²) < 4.78 is 2.05. The van der Waals surface area contributed by atoms with Crippen LogP contribution in [-0.4, -0.2) is 15.8 Å². The number of benzene rings is 3. The molecule has 3 aromatic carbocycles. The van der Waals surface area contributed by atoms with E-state index in [-0.39, 0.29) is 0 Å². The maximum Gasteiger partial charge on any atom is 0.141 e. The Morgan fingerprint density at radius 2 is 1.45 bits per heavy atom. The Hall–Kier alpha value is -3.90. The Morgan fingerprint density at radius 1 is 0.828 bits per heavy atom. The highest BCUT2D eigenvalue weighted by Gasteiger charge is 2.13. The molecule has 29 heavy (non-hydrogen) atoms. The van der Waals surface area contributed by atoms with Crippen molar-refractivity contribution in [1.82, 2.24) is 9.55 Å². The van der Waals surface area contributed by atoms with Crippen molar-refractivity contribution in [3.8, 4) is 23.2 Å². The molecule has 0 aliphatic rings. The lowest BCUT2D eigenvalue weighted by molar-refractivity contribution is 0.913. The number of hydrogen-bond acceptors (Lipinski definition) is 2. The molecule has 3 heteroatoms. The van der Waals surface area contributed by atoms with Crippen LogP contribution in [0, 0.1) is 11.8 Å². The van der Waals surface area contributed by atoms with Crippen molar-refractivity contribution in [3.63, 3.8) is 0 Å². The van der Waals surface area contributed by atoms with Crippen LogP contribution in [0.1, 0.15) is 22.5 Å². The fraction of sp³-hybridized carbons (Fsp3) is 0.0769. The zero-order valence-electron chi connectivity index (χ0n) is 16.3. The molecule has 4 rings (SSSR count). The van der Waals surface area contributed by atoms with Gasteiger partial charge >= 0.3 is 0 Å². The predicted octanol–water partition coefficient (Wildman–Crippen LogP) is 5.11. The molecule has 0 N–H and O–H groups in total. The first-order valence-electron chi connectivity index (χ1n) is 9.54. The molecule has 4 aromatic rings. The Morgan fingerprint density at radius 3 is 2.14 bits per heavy atom. The van der Waals surface area contributed by atoms with Gasteiger partial charge < -0.3 is 4.57 Å². The van der Waals surface area contributed by atoms with Gasteiger partial charge in [-0.2, -0.15) is 0 Å². The van der Waals surface area contributed by atoms with Crippen molar-refractivity contribution in [3.05, 3.63) is 114 Å². The smallest absolute Gasteiger partial charge is 0.141 e. The van der Waals surface area contributed by atoms with Gasteiger partial charge in [-0.1, -0.05) is 84.8 Å². The van der Waals surface area contributed by atoms with Gasteiger partial charge in [0.1, 0.15) is 11.5 Å². The van der Waals surface area contributed by atoms with E-state index in [0.717, 1.165) is 28.3 Å². The maximum atomic E-state index is 4.82. The van der Waals surface area contributed by atoms with Gasteiger partial charge in [0.05, 0.1) is 12.2 Å². The molecule has 3 nitrogen and oxygen atoms in total. The van der Waals surface area contributed by atoms with Gasteiger partial charge in [-0.3, -0.25) is 4.99 Å². The molecular weight excluding hydrogens is 354 g/mol. The van der Waals surface area contributed by atoms with Crippen LogP contribution in [0.4, 0.5) is 0 Å². The largest absolute Gasteiger partial charge is 0.325 e. The van der Waals surface area contributed by atoms with Crippen molar-refractivity contribution >= 4 is 6.21 Å². The summed E-state index contributed by atoms with van der Waals surface area (Å²) in [5.74, 6) is 7.33. The monoisotopic (exact) mass is 375 g/mol. The first kappa shape index (κ1) is 18.5. The molecule has 1 aromatic heterocycles. The van der Waals surface area contributed by atoms with Gasteiger partial charge in [-0.15, -0.1) is 0 Å². The van der Waals surface area contributed by atoms with E-state index in [2.05, 4.69) is 45.7 Å². The van der Waals surface area contributed by atoms with Crippen molar-refractivity contribution in [1.29, 1.82) is 0 Å². The Labute approximate surface area is 171 Å². The molecule has 0 atom stereocenters.